The van der Waals surface area contributed by atoms with Crippen molar-refractivity contribution >= 4 is 26.7 Å². The van der Waals surface area contributed by atoms with Crippen LogP contribution in [0.25, 0.3) is 11.0 Å². The summed E-state index contributed by atoms with van der Waals surface area (Å²) in [5.74, 6) is -0.249. The maximum absolute atomic E-state index is 14.1. The van der Waals surface area contributed by atoms with Crippen LogP contribution in [0.4, 0.5) is 10.1 Å². The molecule has 4 rings (SSSR count). The second-order valence-electron chi connectivity index (χ2n) is 7.59. The number of benzene rings is 1. The number of hydrogen-bond acceptors (Lipinski definition) is 5. The number of halogens is 1. The van der Waals surface area contributed by atoms with Crippen molar-refractivity contribution in [3.05, 3.63) is 47.5 Å². The molecule has 3 heterocycles. The minimum absolute atomic E-state index is 0.133. The predicted molar refractivity (Wildman–Crippen MR) is 110 cm³/mol. The molecule has 29 heavy (non-hydrogen) atoms. The molecule has 1 aromatic carbocycles. The first-order valence-electron chi connectivity index (χ1n) is 9.57. The zero-order valence-electron chi connectivity index (χ0n) is 16.7. The Kier molecular flexibility index (Phi) is 5.04. The van der Waals surface area contributed by atoms with Crippen molar-refractivity contribution in [1.29, 1.82) is 0 Å². The molecule has 0 atom stereocenters. The first-order chi connectivity index (χ1) is 13.7. The molecule has 3 aromatic rings. The highest BCUT2D eigenvalue weighted by Crippen LogP contribution is 2.25. The summed E-state index contributed by atoms with van der Waals surface area (Å²) >= 11 is 0. The Bertz CT molecular complexity index is 1170. The summed E-state index contributed by atoms with van der Waals surface area (Å²) in [6, 6.07) is 6.47. The van der Waals surface area contributed by atoms with Crippen molar-refractivity contribution in [2.24, 2.45) is 7.05 Å². The lowest BCUT2D eigenvalue weighted by molar-refractivity contribution is 0.456. The fourth-order valence-electron chi connectivity index (χ4n) is 3.83. The molecule has 2 aromatic heterocycles. The molecular formula is C20H24FN5O2S. The van der Waals surface area contributed by atoms with Crippen molar-refractivity contribution < 1.29 is 12.8 Å². The lowest BCUT2D eigenvalue weighted by Crippen LogP contribution is -2.44. The van der Waals surface area contributed by atoms with Gasteiger partial charge in [0, 0.05) is 37.8 Å². The quantitative estimate of drug-likeness (QED) is 0.706. The number of rotatable bonds is 4. The number of aryl methyl sites for hydroxylation is 3. The van der Waals surface area contributed by atoms with Crippen LogP contribution >= 0.6 is 0 Å². The molecule has 0 saturated carbocycles. The summed E-state index contributed by atoms with van der Waals surface area (Å²) in [6.45, 7) is 4.94. The van der Waals surface area contributed by atoms with Gasteiger partial charge in [-0.3, -0.25) is 4.68 Å². The number of sulfonamides is 1. The second kappa shape index (κ2) is 7.38. The smallest absolute Gasteiger partial charge is 0.242 e. The molecule has 154 valence electrons. The molecule has 7 nitrogen and oxygen atoms in total. The van der Waals surface area contributed by atoms with Crippen molar-refractivity contribution in [2.45, 2.75) is 37.6 Å². The number of nitrogens with one attached hydrogen (secondary N) is 1. The highest BCUT2D eigenvalue weighted by atomic mass is 32.2. The van der Waals surface area contributed by atoms with E-state index in [1.807, 2.05) is 24.8 Å². The van der Waals surface area contributed by atoms with Gasteiger partial charge in [0.15, 0.2) is 5.65 Å². The van der Waals surface area contributed by atoms with Gasteiger partial charge in [-0.25, -0.2) is 22.5 Å². The minimum Gasteiger partial charge on any atom is -0.369 e. The van der Waals surface area contributed by atoms with Crippen molar-refractivity contribution in [2.75, 3.05) is 18.0 Å². The Hall–Kier alpha value is -2.52. The summed E-state index contributed by atoms with van der Waals surface area (Å²) in [5, 5.41) is 5.00. The van der Waals surface area contributed by atoms with Gasteiger partial charge >= 0.3 is 0 Å². The molecule has 0 aliphatic carbocycles. The van der Waals surface area contributed by atoms with Crippen molar-refractivity contribution in [3.8, 4) is 0 Å². The van der Waals surface area contributed by atoms with Crippen molar-refractivity contribution in [3.63, 3.8) is 0 Å². The van der Waals surface area contributed by atoms with Crippen LogP contribution in [0.2, 0.25) is 0 Å². The first-order valence-corrected chi connectivity index (χ1v) is 11.1. The molecule has 1 aliphatic rings. The Morgan fingerprint density at radius 3 is 2.62 bits per heavy atom. The summed E-state index contributed by atoms with van der Waals surface area (Å²) < 4.78 is 44.3. The lowest BCUT2D eigenvalue weighted by atomic mass is 10.0. The zero-order chi connectivity index (χ0) is 20.8. The highest BCUT2D eigenvalue weighted by Gasteiger charge is 2.26. The van der Waals surface area contributed by atoms with Gasteiger partial charge in [0.2, 0.25) is 10.0 Å². The summed E-state index contributed by atoms with van der Waals surface area (Å²) in [7, 11) is -1.92. The SMILES string of the molecule is Cc1ccc(F)c(N2CCC(NS(=O)(=O)c3cnc4c(c3)c(C)nn4C)CC2)c1. The van der Waals surface area contributed by atoms with E-state index in [0.29, 0.717) is 37.3 Å². The van der Waals surface area contributed by atoms with Crippen molar-refractivity contribution in [1.82, 2.24) is 19.5 Å². The molecule has 1 saturated heterocycles. The average Bonchev–Trinajstić information content (AvgIpc) is 2.98. The maximum Gasteiger partial charge on any atom is 0.242 e. The van der Waals surface area contributed by atoms with Crippen LogP contribution < -0.4 is 9.62 Å². The Morgan fingerprint density at radius 2 is 1.90 bits per heavy atom. The number of pyridine rings is 1. The fourth-order valence-corrected chi connectivity index (χ4v) is 5.10. The number of anilines is 1. The summed E-state index contributed by atoms with van der Waals surface area (Å²) in [6.07, 6.45) is 2.57. The van der Waals surface area contributed by atoms with E-state index in [1.54, 1.807) is 23.9 Å². The van der Waals surface area contributed by atoms with E-state index in [2.05, 4.69) is 14.8 Å². The number of nitrogens with zero attached hydrogens (tertiary/aromatic N) is 4. The monoisotopic (exact) mass is 417 g/mol. The zero-order valence-corrected chi connectivity index (χ0v) is 17.5. The van der Waals surface area contributed by atoms with E-state index in [1.165, 1.54) is 12.3 Å². The number of aromatic nitrogens is 3. The van der Waals surface area contributed by atoms with Gasteiger partial charge in [-0.2, -0.15) is 5.10 Å². The van der Waals surface area contributed by atoms with Gasteiger partial charge in [0.25, 0.3) is 0 Å². The van der Waals surface area contributed by atoms with Crippen LogP contribution in [0.15, 0.2) is 35.4 Å². The third kappa shape index (κ3) is 3.84. The number of hydrogen-bond donors (Lipinski definition) is 1. The van der Waals surface area contributed by atoms with E-state index in [4.69, 9.17) is 0 Å². The molecule has 9 heteroatoms. The van der Waals surface area contributed by atoms with E-state index in [9.17, 15) is 12.8 Å². The Morgan fingerprint density at radius 1 is 1.17 bits per heavy atom. The average molecular weight is 418 g/mol. The highest BCUT2D eigenvalue weighted by molar-refractivity contribution is 7.89. The topological polar surface area (TPSA) is 80.1 Å². The third-order valence-corrected chi connectivity index (χ3v) is 6.89. The van der Waals surface area contributed by atoms with Crippen LogP contribution in [0.3, 0.4) is 0 Å². The van der Waals surface area contributed by atoms with Gasteiger partial charge in [-0.05, 0) is 50.5 Å². The largest absolute Gasteiger partial charge is 0.369 e. The maximum atomic E-state index is 14.1. The summed E-state index contributed by atoms with van der Waals surface area (Å²) in [4.78, 5) is 6.37. The van der Waals surface area contributed by atoms with Gasteiger partial charge < -0.3 is 4.90 Å². The van der Waals surface area contributed by atoms with Gasteiger partial charge in [0.1, 0.15) is 10.7 Å². The molecule has 1 N–H and O–H groups in total. The lowest BCUT2D eigenvalue weighted by Gasteiger charge is -2.34. The molecule has 0 radical (unpaired) electrons. The number of piperidine rings is 1. The van der Waals surface area contributed by atoms with Gasteiger partial charge in [0.05, 0.1) is 11.4 Å². The van der Waals surface area contributed by atoms with Crippen LogP contribution in [0.5, 0.6) is 0 Å². The minimum atomic E-state index is -3.70. The van der Waals surface area contributed by atoms with Gasteiger partial charge in [-0.15, -0.1) is 0 Å². The van der Waals surface area contributed by atoms with E-state index in [-0.39, 0.29) is 16.8 Å². The second-order valence-corrected chi connectivity index (χ2v) is 9.30. The Balaban J connectivity index is 1.47. The number of fused-ring (bicyclic) bond motifs is 1. The van der Waals surface area contributed by atoms with E-state index >= 15 is 0 Å². The fraction of sp³-hybridized carbons (Fsp3) is 0.400. The Labute approximate surface area is 169 Å². The molecule has 0 spiro atoms. The first kappa shape index (κ1) is 19.8. The standard InChI is InChI=1S/C20H24FN5O2S/c1-13-4-5-18(21)19(10-13)26-8-6-15(7-9-26)24-29(27,28)16-11-17-14(2)23-25(3)20(17)22-12-16/h4-5,10-12,15,24H,6-9H2,1-3H3. The normalized spacial score (nSPS) is 15.9. The summed E-state index contributed by atoms with van der Waals surface area (Å²) in [5.41, 5.74) is 2.96. The third-order valence-electron chi connectivity index (χ3n) is 5.41. The molecule has 0 amide bonds. The molecule has 1 fully saturated rings. The predicted octanol–water partition coefficient (Wildman–Crippen LogP) is 2.67. The van der Waals surface area contributed by atoms with E-state index < -0.39 is 10.0 Å². The van der Waals surface area contributed by atoms with E-state index in [0.717, 1.165) is 16.6 Å². The van der Waals surface area contributed by atoms with Crippen LogP contribution in [-0.4, -0.2) is 42.3 Å². The van der Waals surface area contributed by atoms with Crippen LogP contribution in [-0.2, 0) is 17.1 Å². The molecule has 0 bridgehead atoms. The molecule has 1 aliphatic heterocycles. The van der Waals surface area contributed by atoms with Gasteiger partial charge in [-0.1, -0.05) is 6.07 Å². The van der Waals surface area contributed by atoms with Crippen LogP contribution in [0, 0.1) is 19.7 Å². The molecular weight excluding hydrogens is 393 g/mol. The molecule has 0 unspecified atom stereocenters. The van der Waals surface area contributed by atoms with Crippen LogP contribution in [0.1, 0.15) is 24.1 Å².